The fourth-order valence-electron chi connectivity index (χ4n) is 3.33. The highest BCUT2D eigenvalue weighted by atomic mass is 79.9. The van der Waals surface area contributed by atoms with E-state index in [9.17, 15) is 19.5 Å². The zero-order chi connectivity index (χ0) is 23.1. The number of benzene rings is 1. The summed E-state index contributed by atoms with van der Waals surface area (Å²) in [6, 6.07) is 4.77. The predicted molar refractivity (Wildman–Crippen MR) is 122 cm³/mol. The van der Waals surface area contributed by atoms with E-state index >= 15 is 0 Å². The highest BCUT2D eigenvalue weighted by Gasteiger charge is 2.41. The minimum atomic E-state index is -1.05. The first-order valence-electron chi connectivity index (χ1n) is 10.2. The molecule has 1 rings (SSSR count). The Balaban J connectivity index is 3.10. The summed E-state index contributed by atoms with van der Waals surface area (Å²) < 4.78 is 0.887. The Morgan fingerprint density at radius 2 is 1.70 bits per heavy atom. The number of halogens is 1. The molecule has 0 heterocycles. The fraction of sp³-hybridized carbons (Fsp3) is 0.591. The second-order valence-electron chi connectivity index (χ2n) is 8.93. The molecule has 3 amide bonds. The molecule has 0 saturated heterocycles. The number of amides is 3. The number of aliphatic carboxylic acids is 1. The quantitative estimate of drug-likeness (QED) is 0.472. The van der Waals surface area contributed by atoms with Crippen LogP contribution in [0.2, 0.25) is 0 Å². The molecular formula is C22H34BrN3O4. The summed E-state index contributed by atoms with van der Waals surface area (Å²) >= 11 is 3.34. The largest absolute Gasteiger partial charge is 0.480 e. The molecule has 168 valence electrons. The van der Waals surface area contributed by atoms with Crippen molar-refractivity contribution in [2.45, 2.75) is 66.5 Å². The summed E-state index contributed by atoms with van der Waals surface area (Å²) in [7, 11) is 0. The van der Waals surface area contributed by atoms with E-state index in [1.165, 1.54) is 4.90 Å². The molecule has 2 atom stereocenters. The van der Waals surface area contributed by atoms with Crippen LogP contribution in [0.5, 0.6) is 0 Å². The van der Waals surface area contributed by atoms with Crippen LogP contribution in [-0.4, -0.2) is 46.5 Å². The molecule has 0 aliphatic carbocycles. The first kappa shape index (κ1) is 25.9. The molecule has 0 radical (unpaired) electrons. The van der Waals surface area contributed by atoms with Gasteiger partial charge in [0.05, 0.1) is 0 Å². The third kappa shape index (κ3) is 7.97. The van der Waals surface area contributed by atoms with Gasteiger partial charge in [0, 0.05) is 16.7 Å². The molecule has 8 heteroatoms. The van der Waals surface area contributed by atoms with Gasteiger partial charge in [-0.25, -0.2) is 9.59 Å². The van der Waals surface area contributed by atoms with Crippen molar-refractivity contribution in [2.24, 2.45) is 11.3 Å². The number of rotatable bonds is 9. The fourth-order valence-corrected chi connectivity index (χ4v) is 3.59. The number of carbonyl (C=O) groups is 3. The zero-order valence-corrected chi connectivity index (χ0v) is 20.2. The van der Waals surface area contributed by atoms with Gasteiger partial charge in [-0.2, -0.15) is 0 Å². The molecule has 0 aliphatic heterocycles. The lowest BCUT2D eigenvalue weighted by atomic mass is 9.85. The van der Waals surface area contributed by atoms with Gasteiger partial charge in [-0.3, -0.25) is 4.79 Å². The summed E-state index contributed by atoms with van der Waals surface area (Å²) in [5.74, 6) is -1.29. The average Bonchev–Trinajstić information content (AvgIpc) is 2.60. The van der Waals surface area contributed by atoms with Gasteiger partial charge in [-0.1, -0.05) is 57.5 Å². The first-order chi connectivity index (χ1) is 13.9. The molecular weight excluding hydrogens is 450 g/mol. The van der Waals surface area contributed by atoms with Gasteiger partial charge in [-0.05, 0) is 48.4 Å². The maximum absolute atomic E-state index is 13.4. The predicted octanol–water partition coefficient (Wildman–Crippen LogP) is 4.72. The molecule has 0 aliphatic rings. The number of nitrogens with one attached hydrogen (secondary N) is 2. The number of carbonyl (C=O) groups excluding carboxylic acids is 2. The summed E-state index contributed by atoms with van der Waals surface area (Å²) in [4.78, 5) is 39.4. The molecule has 0 fully saturated rings. The van der Waals surface area contributed by atoms with Gasteiger partial charge >= 0.3 is 12.0 Å². The molecule has 30 heavy (non-hydrogen) atoms. The molecule has 1 unspecified atom stereocenters. The van der Waals surface area contributed by atoms with E-state index in [1.807, 2.05) is 20.8 Å². The molecule has 0 spiro atoms. The van der Waals surface area contributed by atoms with Crippen molar-refractivity contribution in [1.82, 2.24) is 10.2 Å². The van der Waals surface area contributed by atoms with E-state index in [-0.39, 0.29) is 11.8 Å². The Morgan fingerprint density at radius 1 is 1.13 bits per heavy atom. The number of carboxylic acid groups (broad SMARTS) is 1. The van der Waals surface area contributed by atoms with E-state index < -0.39 is 29.5 Å². The van der Waals surface area contributed by atoms with E-state index in [0.29, 0.717) is 25.1 Å². The SMILES string of the molecule is CCCN(C(=O)[C@H](CC(C)C)NC(=O)Nc1ccc(Br)cc1)C(C(=O)O)C(C)(C)C. The Hall–Kier alpha value is -2.09. The minimum Gasteiger partial charge on any atom is -0.480 e. The molecule has 0 aromatic heterocycles. The number of anilines is 1. The lowest BCUT2D eigenvalue weighted by molar-refractivity contribution is -0.156. The topological polar surface area (TPSA) is 98.7 Å². The second-order valence-corrected chi connectivity index (χ2v) is 9.84. The molecule has 1 aromatic rings. The van der Waals surface area contributed by atoms with E-state index in [4.69, 9.17) is 0 Å². The van der Waals surface area contributed by atoms with Crippen LogP contribution >= 0.6 is 15.9 Å². The van der Waals surface area contributed by atoms with Crippen LogP contribution in [0.4, 0.5) is 10.5 Å². The standard InChI is InChI=1S/C22H34BrN3O4/c1-7-12-26(18(20(28)29)22(4,5)6)19(27)17(13-14(2)3)25-21(30)24-16-10-8-15(23)9-11-16/h8-11,14,17-18H,7,12-13H2,1-6H3,(H,28,29)(H2,24,25,30)/t17-,18?/m0/s1. The number of hydrogen-bond donors (Lipinski definition) is 3. The molecule has 3 N–H and O–H groups in total. The summed E-state index contributed by atoms with van der Waals surface area (Å²) in [6.45, 7) is 11.5. The van der Waals surface area contributed by atoms with E-state index in [2.05, 4.69) is 26.6 Å². The number of nitrogens with zero attached hydrogens (tertiary/aromatic N) is 1. The van der Waals surface area contributed by atoms with Crippen molar-refractivity contribution in [3.8, 4) is 0 Å². The van der Waals surface area contributed by atoms with Crippen molar-refractivity contribution in [2.75, 3.05) is 11.9 Å². The molecule has 1 aromatic carbocycles. The van der Waals surface area contributed by atoms with Crippen LogP contribution in [0.3, 0.4) is 0 Å². The third-order valence-electron chi connectivity index (χ3n) is 4.53. The van der Waals surface area contributed by atoms with Crippen LogP contribution in [-0.2, 0) is 9.59 Å². The Kier molecular flexibility index (Phi) is 9.81. The molecule has 7 nitrogen and oxygen atoms in total. The Morgan fingerprint density at radius 3 is 2.13 bits per heavy atom. The van der Waals surface area contributed by atoms with Crippen molar-refractivity contribution in [1.29, 1.82) is 0 Å². The highest BCUT2D eigenvalue weighted by molar-refractivity contribution is 9.10. The second kappa shape index (κ2) is 11.3. The van der Waals surface area contributed by atoms with Crippen LogP contribution in [0.15, 0.2) is 28.7 Å². The zero-order valence-electron chi connectivity index (χ0n) is 18.7. The van der Waals surface area contributed by atoms with Gasteiger partial charge in [0.1, 0.15) is 12.1 Å². The van der Waals surface area contributed by atoms with Crippen LogP contribution < -0.4 is 10.6 Å². The van der Waals surface area contributed by atoms with Crippen LogP contribution in [0, 0.1) is 11.3 Å². The van der Waals surface area contributed by atoms with Crippen LogP contribution in [0.1, 0.15) is 54.4 Å². The normalized spacial score (nSPS) is 13.5. The molecule has 0 bridgehead atoms. The monoisotopic (exact) mass is 483 g/mol. The number of hydrogen-bond acceptors (Lipinski definition) is 3. The van der Waals surface area contributed by atoms with Crippen molar-refractivity contribution < 1.29 is 19.5 Å². The summed E-state index contributed by atoms with van der Waals surface area (Å²) in [5.41, 5.74) is -0.0615. The van der Waals surface area contributed by atoms with Gasteiger partial charge in [0.15, 0.2) is 0 Å². The lowest BCUT2D eigenvalue weighted by Crippen LogP contribution is -2.58. The maximum atomic E-state index is 13.4. The van der Waals surface area contributed by atoms with Crippen molar-refractivity contribution >= 4 is 39.5 Å². The van der Waals surface area contributed by atoms with Crippen molar-refractivity contribution in [3.63, 3.8) is 0 Å². The summed E-state index contributed by atoms with van der Waals surface area (Å²) in [6.07, 6.45) is 1.02. The number of carboxylic acids is 1. The number of urea groups is 1. The van der Waals surface area contributed by atoms with Crippen LogP contribution in [0.25, 0.3) is 0 Å². The van der Waals surface area contributed by atoms with Gasteiger partial charge in [0.25, 0.3) is 0 Å². The third-order valence-corrected chi connectivity index (χ3v) is 5.05. The van der Waals surface area contributed by atoms with Gasteiger partial charge in [-0.15, -0.1) is 0 Å². The Labute approximate surface area is 187 Å². The van der Waals surface area contributed by atoms with E-state index in [1.54, 1.807) is 45.0 Å². The van der Waals surface area contributed by atoms with Gasteiger partial charge in [0.2, 0.25) is 5.91 Å². The summed E-state index contributed by atoms with van der Waals surface area (Å²) in [5, 5.41) is 15.3. The lowest BCUT2D eigenvalue weighted by Gasteiger charge is -2.39. The van der Waals surface area contributed by atoms with E-state index in [0.717, 1.165) is 4.47 Å². The van der Waals surface area contributed by atoms with Crippen molar-refractivity contribution in [3.05, 3.63) is 28.7 Å². The smallest absolute Gasteiger partial charge is 0.326 e. The minimum absolute atomic E-state index is 0.133. The Bertz CT molecular complexity index is 729. The first-order valence-corrected chi connectivity index (χ1v) is 11.0. The highest BCUT2D eigenvalue weighted by Crippen LogP contribution is 2.26. The average molecular weight is 484 g/mol. The molecule has 0 saturated carbocycles. The maximum Gasteiger partial charge on any atom is 0.326 e. The van der Waals surface area contributed by atoms with Gasteiger partial charge < -0.3 is 20.6 Å².